The van der Waals surface area contributed by atoms with Gasteiger partial charge in [0.15, 0.2) is 5.58 Å². The molecule has 172 valence electrons. The number of aromatic nitrogens is 3. The summed E-state index contributed by atoms with van der Waals surface area (Å²) in [6.45, 7) is 5.08. The molecule has 0 atom stereocenters. The van der Waals surface area contributed by atoms with Crippen molar-refractivity contribution in [1.29, 1.82) is 0 Å². The van der Waals surface area contributed by atoms with E-state index in [9.17, 15) is 14.0 Å². The maximum absolute atomic E-state index is 13.3. The Hall–Kier alpha value is -3.72. The van der Waals surface area contributed by atoms with E-state index in [0.717, 1.165) is 0 Å². The maximum Gasteiger partial charge on any atom is 0.419 e. The lowest BCUT2D eigenvalue weighted by atomic mass is 10.0. The minimum absolute atomic E-state index is 0.00845. The van der Waals surface area contributed by atoms with E-state index in [2.05, 4.69) is 10.4 Å². The number of fused-ring (bicyclic) bond motifs is 1. The van der Waals surface area contributed by atoms with Gasteiger partial charge >= 0.3 is 5.76 Å². The second-order valence-electron chi connectivity index (χ2n) is 8.45. The van der Waals surface area contributed by atoms with Crippen molar-refractivity contribution in [3.8, 4) is 5.69 Å². The zero-order chi connectivity index (χ0) is 23.7. The summed E-state index contributed by atoms with van der Waals surface area (Å²) in [4.78, 5) is 27.4. The zero-order valence-corrected chi connectivity index (χ0v) is 19.0. The van der Waals surface area contributed by atoms with E-state index in [1.54, 1.807) is 39.6 Å². The molecule has 1 amide bonds. The molecule has 0 spiro atoms. The number of oxazole rings is 1. The minimum atomic E-state index is -0.432. The van der Waals surface area contributed by atoms with Crippen LogP contribution in [0.25, 0.3) is 16.8 Å². The molecule has 4 rings (SSSR count). The molecule has 0 saturated heterocycles. The molecule has 4 aromatic rings. The van der Waals surface area contributed by atoms with Crippen LogP contribution in [0.4, 0.5) is 10.1 Å². The highest BCUT2D eigenvalue weighted by Gasteiger charge is 2.21. The molecule has 0 aliphatic rings. The van der Waals surface area contributed by atoms with Crippen LogP contribution >= 0.6 is 0 Å². The fourth-order valence-electron chi connectivity index (χ4n) is 3.73. The number of nitrogens with zero attached hydrogens (tertiary/aromatic N) is 4. The molecule has 0 saturated carbocycles. The van der Waals surface area contributed by atoms with Crippen molar-refractivity contribution in [1.82, 2.24) is 19.2 Å². The van der Waals surface area contributed by atoms with Crippen LogP contribution < -0.4 is 11.1 Å². The predicted octanol–water partition coefficient (Wildman–Crippen LogP) is 3.86. The summed E-state index contributed by atoms with van der Waals surface area (Å²) in [5.74, 6) is -1.10. The molecule has 0 unspecified atom stereocenters. The standard InChI is InChI=1S/C24H26FN5O3/c1-15(2)22-19(14-26-30(22)18-8-5-16(25)6-9-18)23(31)27-17-7-10-21-20(13-17)29(24(32)33-21)12-11-28(3)4/h5-10,13-15H,11-12H2,1-4H3,(H,27,31). The van der Waals surface area contributed by atoms with Gasteiger partial charge in [0, 0.05) is 18.8 Å². The Labute approximate surface area is 190 Å². The number of nitrogens with one attached hydrogen (secondary N) is 1. The summed E-state index contributed by atoms with van der Waals surface area (Å²) in [5.41, 5.74) is 3.42. The lowest BCUT2D eigenvalue weighted by Gasteiger charge is -2.13. The van der Waals surface area contributed by atoms with Gasteiger partial charge in [0.05, 0.1) is 28.7 Å². The molecule has 2 heterocycles. The van der Waals surface area contributed by atoms with E-state index < -0.39 is 5.76 Å². The van der Waals surface area contributed by atoms with Crippen molar-refractivity contribution in [3.63, 3.8) is 0 Å². The van der Waals surface area contributed by atoms with Crippen LogP contribution in [0.1, 0.15) is 35.8 Å². The highest BCUT2D eigenvalue weighted by Crippen LogP contribution is 2.25. The quantitative estimate of drug-likeness (QED) is 0.461. The normalized spacial score (nSPS) is 11.6. The second-order valence-corrected chi connectivity index (χ2v) is 8.45. The van der Waals surface area contributed by atoms with Crippen LogP contribution in [0.2, 0.25) is 0 Å². The van der Waals surface area contributed by atoms with E-state index in [1.807, 2.05) is 32.8 Å². The van der Waals surface area contributed by atoms with Crippen LogP contribution in [0.5, 0.6) is 0 Å². The van der Waals surface area contributed by atoms with Crippen molar-refractivity contribution >= 4 is 22.7 Å². The molecular weight excluding hydrogens is 425 g/mol. The fraction of sp³-hybridized carbons (Fsp3) is 0.292. The molecular formula is C24H26FN5O3. The lowest BCUT2D eigenvalue weighted by molar-refractivity contribution is 0.102. The molecule has 8 nitrogen and oxygen atoms in total. The number of anilines is 1. The van der Waals surface area contributed by atoms with Crippen molar-refractivity contribution in [2.24, 2.45) is 0 Å². The first-order valence-electron chi connectivity index (χ1n) is 10.7. The molecule has 2 aromatic carbocycles. The molecule has 0 fully saturated rings. The summed E-state index contributed by atoms with van der Waals surface area (Å²) < 4.78 is 21.9. The van der Waals surface area contributed by atoms with Crippen LogP contribution in [-0.4, -0.2) is 45.8 Å². The van der Waals surface area contributed by atoms with Gasteiger partial charge in [-0.25, -0.2) is 13.9 Å². The molecule has 2 aromatic heterocycles. The SMILES string of the molecule is CC(C)c1c(C(=O)Nc2ccc3oc(=O)n(CCN(C)C)c3c2)cnn1-c1ccc(F)cc1. The summed E-state index contributed by atoms with van der Waals surface area (Å²) in [7, 11) is 3.86. The highest BCUT2D eigenvalue weighted by molar-refractivity contribution is 6.05. The van der Waals surface area contributed by atoms with E-state index in [0.29, 0.717) is 46.8 Å². The second kappa shape index (κ2) is 9.03. The maximum atomic E-state index is 13.3. The van der Waals surface area contributed by atoms with Crippen LogP contribution in [0.15, 0.2) is 57.9 Å². The van der Waals surface area contributed by atoms with E-state index in [4.69, 9.17) is 4.42 Å². The van der Waals surface area contributed by atoms with Crippen LogP contribution in [-0.2, 0) is 6.54 Å². The lowest BCUT2D eigenvalue weighted by Crippen LogP contribution is -2.23. The molecule has 0 aliphatic carbocycles. The third-order valence-electron chi connectivity index (χ3n) is 5.37. The van der Waals surface area contributed by atoms with Gasteiger partial charge < -0.3 is 14.6 Å². The first-order chi connectivity index (χ1) is 15.7. The third kappa shape index (κ3) is 4.58. The first kappa shape index (κ1) is 22.5. The summed E-state index contributed by atoms with van der Waals surface area (Å²) in [6.07, 6.45) is 1.51. The molecule has 0 aliphatic heterocycles. The molecule has 9 heteroatoms. The number of benzene rings is 2. The van der Waals surface area contributed by atoms with Crippen LogP contribution in [0.3, 0.4) is 0 Å². The van der Waals surface area contributed by atoms with Gasteiger partial charge in [-0.05, 0) is 62.5 Å². The number of rotatable bonds is 7. The van der Waals surface area contributed by atoms with Gasteiger partial charge in [-0.15, -0.1) is 0 Å². The van der Waals surface area contributed by atoms with Gasteiger partial charge in [0.1, 0.15) is 5.82 Å². The van der Waals surface area contributed by atoms with E-state index in [1.165, 1.54) is 18.3 Å². The fourth-order valence-corrected chi connectivity index (χ4v) is 3.73. The van der Waals surface area contributed by atoms with Crippen molar-refractivity contribution < 1.29 is 13.6 Å². The number of amides is 1. The van der Waals surface area contributed by atoms with Gasteiger partial charge in [-0.2, -0.15) is 5.10 Å². The summed E-state index contributed by atoms with van der Waals surface area (Å²) in [6, 6.07) is 11.1. The Kier molecular flexibility index (Phi) is 6.15. The first-order valence-corrected chi connectivity index (χ1v) is 10.7. The van der Waals surface area contributed by atoms with Gasteiger partial charge in [-0.1, -0.05) is 13.8 Å². The Balaban J connectivity index is 1.65. The molecule has 0 radical (unpaired) electrons. The Morgan fingerprint density at radius 1 is 1.18 bits per heavy atom. The number of likely N-dealkylation sites (N-methyl/N-ethyl adjacent to an activating group) is 1. The zero-order valence-electron chi connectivity index (χ0n) is 19.0. The number of hydrogen-bond acceptors (Lipinski definition) is 5. The number of halogens is 1. The van der Waals surface area contributed by atoms with E-state index in [-0.39, 0.29) is 17.6 Å². The van der Waals surface area contributed by atoms with Crippen molar-refractivity contribution in [2.45, 2.75) is 26.3 Å². The Morgan fingerprint density at radius 3 is 2.58 bits per heavy atom. The van der Waals surface area contributed by atoms with Gasteiger partial charge in [-0.3, -0.25) is 9.36 Å². The smallest absolute Gasteiger partial charge is 0.408 e. The molecule has 1 N–H and O–H groups in total. The Morgan fingerprint density at radius 2 is 1.91 bits per heavy atom. The molecule has 0 bridgehead atoms. The monoisotopic (exact) mass is 451 g/mol. The predicted molar refractivity (Wildman–Crippen MR) is 125 cm³/mol. The number of carbonyl (C=O) groups is 1. The average Bonchev–Trinajstić information content (AvgIpc) is 3.34. The number of carbonyl (C=O) groups excluding carboxylic acids is 1. The molecule has 33 heavy (non-hydrogen) atoms. The summed E-state index contributed by atoms with van der Waals surface area (Å²) >= 11 is 0. The van der Waals surface area contributed by atoms with Gasteiger partial charge in [0.25, 0.3) is 5.91 Å². The minimum Gasteiger partial charge on any atom is -0.408 e. The topological polar surface area (TPSA) is 85.3 Å². The largest absolute Gasteiger partial charge is 0.419 e. The number of hydrogen-bond donors (Lipinski definition) is 1. The van der Waals surface area contributed by atoms with Gasteiger partial charge in [0.2, 0.25) is 0 Å². The average molecular weight is 452 g/mol. The summed E-state index contributed by atoms with van der Waals surface area (Å²) in [5, 5.41) is 7.28. The van der Waals surface area contributed by atoms with Crippen LogP contribution in [0, 0.1) is 5.82 Å². The van der Waals surface area contributed by atoms with Crippen molar-refractivity contribution in [3.05, 3.63) is 76.3 Å². The Bertz CT molecular complexity index is 1350. The van der Waals surface area contributed by atoms with E-state index >= 15 is 0 Å². The highest BCUT2D eigenvalue weighted by atomic mass is 19.1. The van der Waals surface area contributed by atoms with Crippen molar-refractivity contribution in [2.75, 3.05) is 26.0 Å². The third-order valence-corrected chi connectivity index (χ3v) is 5.37.